The van der Waals surface area contributed by atoms with E-state index in [9.17, 15) is 22.8 Å². The van der Waals surface area contributed by atoms with E-state index in [0.717, 1.165) is 18.2 Å². The minimum Gasteiger partial charge on any atom is -0.489 e. The topological polar surface area (TPSA) is 88.1 Å². The number of alkyl halides is 3. The molecule has 2 N–H and O–H groups in total. The number of ether oxygens (including phenoxy) is 2. The zero-order valence-electron chi connectivity index (χ0n) is 15.0. The summed E-state index contributed by atoms with van der Waals surface area (Å²) >= 11 is 0. The van der Waals surface area contributed by atoms with Crippen molar-refractivity contribution in [3.8, 4) is 5.75 Å². The summed E-state index contributed by atoms with van der Waals surface area (Å²) < 4.78 is 48.8. The maximum atomic E-state index is 12.9. The lowest BCUT2D eigenvalue weighted by Gasteiger charge is -2.21. The summed E-state index contributed by atoms with van der Waals surface area (Å²) in [5.41, 5.74) is -1.10. The van der Waals surface area contributed by atoms with Gasteiger partial charge < -0.3 is 19.9 Å². The Morgan fingerprint density at radius 3 is 2.44 bits per heavy atom. The molecule has 0 aliphatic carbocycles. The largest absolute Gasteiger partial charge is 0.489 e. The Morgan fingerprint density at radius 2 is 1.93 bits per heavy atom. The van der Waals surface area contributed by atoms with Crippen LogP contribution in [0.2, 0.25) is 0 Å². The Bertz CT molecular complexity index is 643. The van der Waals surface area contributed by atoms with E-state index in [0.29, 0.717) is 0 Å². The Balaban J connectivity index is 0.00000676. The third-order valence-corrected chi connectivity index (χ3v) is 3.54. The maximum absolute atomic E-state index is 12.9. The molecule has 7 nitrogen and oxygen atoms in total. The van der Waals surface area contributed by atoms with Gasteiger partial charge in [0.25, 0.3) is 0 Å². The zero-order chi connectivity index (χ0) is 19.9. The molecule has 0 saturated heterocycles. The predicted molar refractivity (Wildman–Crippen MR) is 94.4 cm³/mol. The molecule has 1 rings (SSSR count). The van der Waals surface area contributed by atoms with Crippen LogP contribution in [0.1, 0.15) is 12.5 Å². The van der Waals surface area contributed by atoms with Crippen LogP contribution in [-0.2, 0) is 20.5 Å². The number of carboxylic acid groups (broad SMARTS) is 1. The van der Waals surface area contributed by atoms with Crippen molar-refractivity contribution in [3.05, 3.63) is 23.8 Å². The molecule has 27 heavy (non-hydrogen) atoms. The van der Waals surface area contributed by atoms with Gasteiger partial charge in [0.05, 0.1) is 24.4 Å². The van der Waals surface area contributed by atoms with Gasteiger partial charge in [0.1, 0.15) is 18.4 Å². The first-order valence-electron chi connectivity index (χ1n) is 7.62. The zero-order valence-corrected chi connectivity index (χ0v) is 15.8. The van der Waals surface area contributed by atoms with Gasteiger partial charge in [-0.05, 0) is 32.2 Å². The van der Waals surface area contributed by atoms with Crippen molar-refractivity contribution in [2.45, 2.75) is 19.1 Å². The van der Waals surface area contributed by atoms with Crippen molar-refractivity contribution in [1.29, 1.82) is 0 Å². The standard InChI is InChI=1S/C16H21F3N2O5.ClH/c1-10(15(23)24)21(2)9-14(22)20-12-8-11(16(17,18)19)4-5-13(12)26-7-6-25-3;/h4-5,8,10H,6-7,9H2,1-3H3,(H,20,22)(H,23,24);1H. The molecule has 0 radical (unpaired) electrons. The number of nitrogens with zero attached hydrogens (tertiary/aromatic N) is 1. The summed E-state index contributed by atoms with van der Waals surface area (Å²) in [7, 11) is 2.86. The van der Waals surface area contributed by atoms with Crippen molar-refractivity contribution in [1.82, 2.24) is 4.90 Å². The van der Waals surface area contributed by atoms with Crippen LogP contribution in [-0.4, -0.2) is 61.8 Å². The summed E-state index contributed by atoms with van der Waals surface area (Å²) in [6.07, 6.45) is -4.58. The fraction of sp³-hybridized carbons (Fsp3) is 0.500. The van der Waals surface area contributed by atoms with Gasteiger partial charge in [-0.25, -0.2) is 0 Å². The van der Waals surface area contributed by atoms with Crippen LogP contribution in [0.4, 0.5) is 18.9 Å². The van der Waals surface area contributed by atoms with Crippen molar-refractivity contribution < 1.29 is 37.3 Å². The van der Waals surface area contributed by atoms with E-state index in [4.69, 9.17) is 14.6 Å². The first-order chi connectivity index (χ1) is 12.1. The SMILES string of the molecule is COCCOc1ccc(C(F)(F)F)cc1NC(=O)CN(C)C(C)C(=O)O.Cl. The lowest BCUT2D eigenvalue weighted by Crippen LogP contribution is -2.40. The number of carboxylic acids is 1. The van der Waals surface area contributed by atoms with E-state index in [2.05, 4.69) is 5.32 Å². The quantitative estimate of drug-likeness (QED) is 0.604. The lowest BCUT2D eigenvalue weighted by atomic mass is 10.1. The molecule has 0 aliphatic rings. The normalized spacial score (nSPS) is 12.3. The van der Waals surface area contributed by atoms with E-state index in [1.807, 2.05) is 0 Å². The van der Waals surface area contributed by atoms with E-state index >= 15 is 0 Å². The van der Waals surface area contributed by atoms with Crippen LogP contribution in [0, 0.1) is 0 Å². The average molecular weight is 415 g/mol. The Kier molecular flexibility index (Phi) is 10.1. The van der Waals surface area contributed by atoms with Crippen LogP contribution < -0.4 is 10.1 Å². The second kappa shape index (κ2) is 11.0. The molecule has 0 spiro atoms. The molecule has 1 unspecified atom stereocenters. The number of amides is 1. The molecule has 0 aromatic heterocycles. The van der Waals surface area contributed by atoms with Gasteiger partial charge >= 0.3 is 12.1 Å². The van der Waals surface area contributed by atoms with Gasteiger partial charge in [0, 0.05) is 7.11 Å². The van der Waals surface area contributed by atoms with Crippen LogP contribution in [0.3, 0.4) is 0 Å². The predicted octanol–water partition coefficient (Wildman–Crippen LogP) is 2.50. The number of aliphatic carboxylic acids is 1. The first-order valence-corrected chi connectivity index (χ1v) is 7.62. The molecule has 0 aliphatic heterocycles. The highest BCUT2D eigenvalue weighted by Gasteiger charge is 2.31. The van der Waals surface area contributed by atoms with Gasteiger partial charge in [0.2, 0.25) is 5.91 Å². The highest BCUT2D eigenvalue weighted by molar-refractivity contribution is 5.94. The van der Waals surface area contributed by atoms with E-state index in [-0.39, 0.29) is 43.6 Å². The molecule has 1 aromatic rings. The number of carbonyl (C=O) groups is 2. The number of rotatable bonds is 9. The third-order valence-electron chi connectivity index (χ3n) is 3.54. The van der Waals surface area contributed by atoms with E-state index in [1.54, 1.807) is 0 Å². The number of hydrogen-bond acceptors (Lipinski definition) is 5. The van der Waals surface area contributed by atoms with Crippen LogP contribution in [0.25, 0.3) is 0 Å². The number of nitrogens with one attached hydrogen (secondary N) is 1. The number of halogens is 4. The van der Waals surface area contributed by atoms with Crippen molar-refractivity contribution in [2.75, 3.05) is 39.2 Å². The van der Waals surface area contributed by atoms with Gasteiger partial charge in [-0.15, -0.1) is 12.4 Å². The van der Waals surface area contributed by atoms with Crippen molar-refractivity contribution >= 4 is 30.0 Å². The molecule has 0 saturated carbocycles. The molecule has 154 valence electrons. The Labute approximate surface area is 160 Å². The third kappa shape index (κ3) is 8.02. The molecule has 1 atom stereocenters. The summed E-state index contributed by atoms with van der Waals surface area (Å²) in [6.45, 7) is 1.37. The second-order valence-corrected chi connectivity index (χ2v) is 5.53. The Hall–Kier alpha value is -2.04. The monoisotopic (exact) mass is 414 g/mol. The van der Waals surface area contributed by atoms with Crippen LogP contribution in [0.15, 0.2) is 18.2 Å². The summed E-state index contributed by atoms with van der Waals surface area (Å²) in [6, 6.07) is 1.79. The van der Waals surface area contributed by atoms with E-state index in [1.165, 1.54) is 26.0 Å². The smallest absolute Gasteiger partial charge is 0.416 e. The number of benzene rings is 1. The molecule has 1 aromatic carbocycles. The van der Waals surface area contributed by atoms with Gasteiger partial charge in [-0.2, -0.15) is 13.2 Å². The molecule has 1 amide bonds. The average Bonchev–Trinajstić information content (AvgIpc) is 2.54. The van der Waals surface area contributed by atoms with Crippen LogP contribution in [0.5, 0.6) is 5.75 Å². The number of hydrogen-bond donors (Lipinski definition) is 2. The second-order valence-electron chi connectivity index (χ2n) is 5.53. The minimum absolute atomic E-state index is 0. The lowest BCUT2D eigenvalue weighted by molar-refractivity contribution is -0.142. The highest BCUT2D eigenvalue weighted by atomic mass is 35.5. The number of carbonyl (C=O) groups excluding carboxylic acids is 1. The maximum Gasteiger partial charge on any atom is 0.416 e. The fourth-order valence-corrected chi connectivity index (χ4v) is 1.91. The van der Waals surface area contributed by atoms with Crippen molar-refractivity contribution in [3.63, 3.8) is 0 Å². The highest BCUT2D eigenvalue weighted by Crippen LogP contribution is 2.35. The molecule has 0 fully saturated rings. The summed E-state index contributed by atoms with van der Waals surface area (Å²) in [5, 5.41) is 11.3. The number of methoxy groups -OCH3 is 1. The first kappa shape index (κ1) is 25.0. The number of likely N-dealkylation sites (N-methyl/N-ethyl adjacent to an activating group) is 1. The molecule has 0 bridgehead atoms. The molecular formula is C16H22ClF3N2O5. The molecule has 0 heterocycles. The van der Waals surface area contributed by atoms with E-state index < -0.39 is 29.7 Å². The summed E-state index contributed by atoms with van der Waals surface area (Å²) in [4.78, 5) is 24.2. The van der Waals surface area contributed by atoms with Gasteiger partial charge in [-0.1, -0.05) is 0 Å². The summed E-state index contributed by atoms with van der Waals surface area (Å²) in [5.74, 6) is -1.74. The number of anilines is 1. The van der Waals surface area contributed by atoms with Crippen molar-refractivity contribution in [2.24, 2.45) is 0 Å². The van der Waals surface area contributed by atoms with Gasteiger partial charge in [-0.3, -0.25) is 14.5 Å². The fourth-order valence-electron chi connectivity index (χ4n) is 1.91. The minimum atomic E-state index is -4.58. The van der Waals surface area contributed by atoms with Gasteiger partial charge in [0.15, 0.2) is 0 Å². The molecular weight excluding hydrogens is 393 g/mol. The molecule has 11 heteroatoms. The van der Waals surface area contributed by atoms with Crippen LogP contribution >= 0.6 is 12.4 Å². The Morgan fingerprint density at radius 1 is 1.30 bits per heavy atom.